The van der Waals surface area contributed by atoms with Crippen LogP contribution in [-0.4, -0.2) is 9.55 Å². The first-order valence-electron chi connectivity index (χ1n) is 5.07. The van der Waals surface area contributed by atoms with Crippen LogP contribution in [0.2, 0.25) is 0 Å². The summed E-state index contributed by atoms with van der Waals surface area (Å²) in [7, 11) is 0. The normalized spacial score (nSPS) is 16.5. The van der Waals surface area contributed by atoms with Crippen LogP contribution in [0.5, 0.6) is 0 Å². The van der Waals surface area contributed by atoms with Gasteiger partial charge in [0.1, 0.15) is 11.6 Å². The minimum Gasteiger partial charge on any atom is -0.384 e. The third-order valence-corrected chi connectivity index (χ3v) is 2.60. The summed E-state index contributed by atoms with van der Waals surface area (Å²) in [5, 5.41) is 0. The molecule has 0 aliphatic heterocycles. The highest BCUT2D eigenvalue weighted by Crippen LogP contribution is 2.38. The molecule has 1 aliphatic rings. The van der Waals surface area contributed by atoms with Gasteiger partial charge in [-0.2, -0.15) is 0 Å². The van der Waals surface area contributed by atoms with Gasteiger partial charge in [0.25, 0.3) is 0 Å². The average molecular weight is 179 g/mol. The SMILES string of the molecule is CCCc1nc(C)n(C2CC2)c1N. The zero-order valence-electron chi connectivity index (χ0n) is 8.38. The Labute approximate surface area is 79.0 Å². The van der Waals surface area contributed by atoms with Crippen molar-refractivity contribution in [2.75, 3.05) is 5.73 Å². The number of aryl methyl sites for hydroxylation is 2. The van der Waals surface area contributed by atoms with Crippen molar-refractivity contribution in [3.63, 3.8) is 0 Å². The summed E-state index contributed by atoms with van der Waals surface area (Å²) in [4.78, 5) is 4.50. The van der Waals surface area contributed by atoms with Crippen LogP contribution < -0.4 is 5.73 Å². The minimum absolute atomic E-state index is 0.651. The average Bonchev–Trinajstić information content (AvgIpc) is 2.84. The van der Waals surface area contributed by atoms with Crippen molar-refractivity contribution < 1.29 is 0 Å². The first kappa shape index (κ1) is 8.60. The van der Waals surface area contributed by atoms with Gasteiger partial charge in [-0.15, -0.1) is 0 Å². The lowest BCUT2D eigenvalue weighted by molar-refractivity contribution is 0.720. The number of imidazole rings is 1. The number of nitrogens with zero attached hydrogens (tertiary/aromatic N) is 2. The van der Waals surface area contributed by atoms with Crippen molar-refractivity contribution in [3.05, 3.63) is 11.5 Å². The van der Waals surface area contributed by atoms with Crippen molar-refractivity contribution in [3.8, 4) is 0 Å². The van der Waals surface area contributed by atoms with E-state index in [-0.39, 0.29) is 0 Å². The molecule has 0 unspecified atom stereocenters. The second-order valence-corrected chi connectivity index (χ2v) is 3.84. The van der Waals surface area contributed by atoms with Crippen molar-refractivity contribution in [1.82, 2.24) is 9.55 Å². The highest BCUT2D eigenvalue weighted by Gasteiger charge is 2.27. The largest absolute Gasteiger partial charge is 0.384 e. The molecule has 0 atom stereocenters. The summed E-state index contributed by atoms with van der Waals surface area (Å²) in [5.74, 6) is 1.99. The van der Waals surface area contributed by atoms with Gasteiger partial charge in [-0.25, -0.2) is 4.98 Å². The molecule has 2 rings (SSSR count). The number of aromatic nitrogens is 2. The van der Waals surface area contributed by atoms with E-state index >= 15 is 0 Å². The lowest BCUT2D eigenvalue weighted by Crippen LogP contribution is -2.03. The van der Waals surface area contributed by atoms with E-state index in [9.17, 15) is 0 Å². The Morgan fingerprint density at radius 3 is 2.77 bits per heavy atom. The zero-order chi connectivity index (χ0) is 9.42. The van der Waals surface area contributed by atoms with E-state index in [1.54, 1.807) is 0 Å². The Kier molecular flexibility index (Phi) is 2.02. The van der Waals surface area contributed by atoms with Crippen LogP contribution in [0.1, 0.15) is 43.7 Å². The predicted octanol–water partition coefficient (Wildman–Crippen LogP) is 2.06. The molecule has 1 aliphatic carbocycles. The number of hydrogen-bond acceptors (Lipinski definition) is 2. The lowest BCUT2D eigenvalue weighted by atomic mass is 10.2. The van der Waals surface area contributed by atoms with Gasteiger partial charge in [-0.3, -0.25) is 0 Å². The quantitative estimate of drug-likeness (QED) is 0.771. The summed E-state index contributed by atoms with van der Waals surface area (Å²) in [5.41, 5.74) is 7.12. The molecule has 2 N–H and O–H groups in total. The predicted molar refractivity (Wildman–Crippen MR) is 53.6 cm³/mol. The summed E-state index contributed by atoms with van der Waals surface area (Å²) in [6.07, 6.45) is 4.66. The van der Waals surface area contributed by atoms with E-state index in [1.165, 1.54) is 12.8 Å². The first-order valence-corrected chi connectivity index (χ1v) is 5.07. The summed E-state index contributed by atoms with van der Waals surface area (Å²) in [6.45, 7) is 4.21. The fraction of sp³-hybridized carbons (Fsp3) is 0.700. The van der Waals surface area contributed by atoms with Crippen molar-refractivity contribution in [1.29, 1.82) is 0 Å². The second kappa shape index (κ2) is 3.05. The third-order valence-electron chi connectivity index (χ3n) is 2.60. The Balaban J connectivity index is 2.32. The molecule has 1 aromatic heterocycles. The van der Waals surface area contributed by atoms with Gasteiger partial charge in [0.15, 0.2) is 0 Å². The molecule has 0 amide bonds. The zero-order valence-corrected chi connectivity index (χ0v) is 8.38. The molecule has 13 heavy (non-hydrogen) atoms. The van der Waals surface area contributed by atoms with Crippen LogP contribution in [0, 0.1) is 6.92 Å². The maximum Gasteiger partial charge on any atom is 0.127 e. The topological polar surface area (TPSA) is 43.8 Å². The van der Waals surface area contributed by atoms with Crippen LogP contribution in [0.3, 0.4) is 0 Å². The van der Waals surface area contributed by atoms with Crippen LogP contribution in [0.15, 0.2) is 0 Å². The highest BCUT2D eigenvalue weighted by atomic mass is 15.2. The Bertz CT molecular complexity index is 310. The van der Waals surface area contributed by atoms with Crippen LogP contribution in [0.25, 0.3) is 0 Å². The van der Waals surface area contributed by atoms with Gasteiger partial charge in [-0.1, -0.05) is 13.3 Å². The van der Waals surface area contributed by atoms with Crippen LogP contribution in [0.4, 0.5) is 5.82 Å². The minimum atomic E-state index is 0.651. The second-order valence-electron chi connectivity index (χ2n) is 3.84. The van der Waals surface area contributed by atoms with E-state index in [1.807, 2.05) is 6.92 Å². The monoisotopic (exact) mass is 179 g/mol. The van der Waals surface area contributed by atoms with E-state index in [2.05, 4.69) is 16.5 Å². The number of hydrogen-bond donors (Lipinski definition) is 1. The number of anilines is 1. The number of nitrogen functional groups attached to an aromatic ring is 1. The fourth-order valence-electron chi connectivity index (χ4n) is 1.83. The molecular formula is C10H17N3. The Morgan fingerprint density at radius 1 is 1.54 bits per heavy atom. The van der Waals surface area contributed by atoms with E-state index < -0.39 is 0 Å². The fourth-order valence-corrected chi connectivity index (χ4v) is 1.83. The van der Waals surface area contributed by atoms with Crippen LogP contribution >= 0.6 is 0 Å². The highest BCUT2D eigenvalue weighted by molar-refractivity contribution is 5.39. The Hall–Kier alpha value is -0.990. The van der Waals surface area contributed by atoms with Gasteiger partial charge in [0.2, 0.25) is 0 Å². The molecule has 1 aromatic rings. The maximum absolute atomic E-state index is 6.03. The summed E-state index contributed by atoms with van der Waals surface area (Å²) in [6, 6.07) is 0.651. The standard InChI is InChI=1S/C10H17N3/c1-3-4-9-10(11)13(7(2)12-9)8-5-6-8/h8H,3-6,11H2,1-2H3. The maximum atomic E-state index is 6.03. The molecule has 0 bridgehead atoms. The third kappa shape index (κ3) is 1.43. The molecule has 0 saturated heterocycles. The van der Waals surface area contributed by atoms with Crippen molar-refractivity contribution >= 4 is 5.82 Å². The van der Waals surface area contributed by atoms with Crippen molar-refractivity contribution in [2.45, 2.75) is 45.6 Å². The van der Waals surface area contributed by atoms with Gasteiger partial charge in [-0.05, 0) is 26.2 Å². The van der Waals surface area contributed by atoms with Crippen molar-refractivity contribution in [2.24, 2.45) is 0 Å². The van der Waals surface area contributed by atoms with Gasteiger partial charge < -0.3 is 10.3 Å². The Morgan fingerprint density at radius 2 is 2.23 bits per heavy atom. The molecule has 72 valence electrons. The number of rotatable bonds is 3. The van der Waals surface area contributed by atoms with Gasteiger partial charge >= 0.3 is 0 Å². The first-order chi connectivity index (χ1) is 6.24. The number of nitrogens with two attached hydrogens (primary N) is 1. The smallest absolute Gasteiger partial charge is 0.127 e. The van der Waals surface area contributed by atoms with Gasteiger partial charge in [0, 0.05) is 6.04 Å². The molecule has 3 heteroatoms. The summed E-state index contributed by atoms with van der Waals surface area (Å²) >= 11 is 0. The molecule has 3 nitrogen and oxygen atoms in total. The van der Waals surface area contributed by atoms with Crippen LogP contribution in [-0.2, 0) is 6.42 Å². The lowest BCUT2D eigenvalue weighted by Gasteiger charge is -2.04. The molecular weight excluding hydrogens is 162 g/mol. The summed E-state index contributed by atoms with van der Waals surface area (Å²) < 4.78 is 2.20. The molecule has 1 heterocycles. The molecule has 1 fully saturated rings. The van der Waals surface area contributed by atoms with Gasteiger partial charge in [0.05, 0.1) is 5.69 Å². The van der Waals surface area contributed by atoms with E-state index in [0.717, 1.165) is 30.2 Å². The molecule has 0 spiro atoms. The molecule has 0 aromatic carbocycles. The molecule has 0 radical (unpaired) electrons. The van der Waals surface area contributed by atoms with E-state index in [0.29, 0.717) is 6.04 Å². The van der Waals surface area contributed by atoms with E-state index in [4.69, 9.17) is 5.73 Å². The molecule has 1 saturated carbocycles.